The first-order valence-electron chi connectivity index (χ1n) is 8.91. The fourth-order valence-electron chi connectivity index (χ4n) is 3.52. The largest absolute Gasteiger partial charge is 0.358 e. The molecule has 4 rings (SSSR count). The fraction of sp³-hybridized carbons (Fsp3) is 0.611. The van der Waals surface area contributed by atoms with Crippen LogP contribution in [-0.2, 0) is 6.54 Å². The van der Waals surface area contributed by atoms with Crippen LogP contribution in [0.1, 0.15) is 41.7 Å². The highest BCUT2D eigenvalue weighted by atomic mass is 32.1. The number of aryl methyl sites for hydroxylation is 1. The van der Waals surface area contributed by atoms with Gasteiger partial charge in [-0.3, -0.25) is 4.90 Å². The van der Waals surface area contributed by atoms with Crippen LogP contribution in [0.15, 0.2) is 17.6 Å². The standard InChI is InChI=1S/C18H24FN5S/c1-12-21-15(11-25-12)9-24-8-14(19)7-16(24)10-23(2)17-5-6-20-18(22-17)13-3-4-13/h5-6,11,13-14,16H,3-4,7-10H2,1-2H3/t14-,16-/m0/s1. The van der Waals surface area contributed by atoms with Crippen LogP contribution in [-0.4, -0.2) is 52.2 Å². The lowest BCUT2D eigenvalue weighted by atomic mass is 10.2. The van der Waals surface area contributed by atoms with Gasteiger partial charge in [-0.05, 0) is 32.3 Å². The number of aromatic nitrogens is 3. The van der Waals surface area contributed by atoms with Crippen LogP contribution in [0, 0.1) is 6.92 Å². The molecule has 2 aliphatic rings. The Morgan fingerprint density at radius 3 is 2.92 bits per heavy atom. The summed E-state index contributed by atoms with van der Waals surface area (Å²) >= 11 is 1.65. The Morgan fingerprint density at radius 2 is 2.20 bits per heavy atom. The molecule has 1 saturated carbocycles. The Labute approximate surface area is 151 Å². The van der Waals surface area contributed by atoms with Gasteiger partial charge in [0.1, 0.15) is 17.8 Å². The molecule has 5 nitrogen and oxygen atoms in total. The molecule has 1 aliphatic carbocycles. The third kappa shape index (κ3) is 3.98. The molecule has 2 fully saturated rings. The highest BCUT2D eigenvalue weighted by molar-refractivity contribution is 7.09. The van der Waals surface area contributed by atoms with Gasteiger partial charge in [0.15, 0.2) is 0 Å². The van der Waals surface area contributed by atoms with Crippen molar-refractivity contribution in [1.82, 2.24) is 19.9 Å². The lowest BCUT2D eigenvalue weighted by Gasteiger charge is -2.28. The predicted octanol–water partition coefficient (Wildman–Crippen LogP) is 3.17. The smallest absolute Gasteiger partial charge is 0.133 e. The van der Waals surface area contributed by atoms with Crippen molar-refractivity contribution in [2.75, 3.05) is 25.0 Å². The molecule has 2 aromatic rings. The highest BCUT2D eigenvalue weighted by Gasteiger charge is 2.33. The maximum atomic E-state index is 14.1. The number of halogens is 1. The van der Waals surface area contributed by atoms with Crippen molar-refractivity contribution >= 4 is 17.2 Å². The van der Waals surface area contributed by atoms with Gasteiger partial charge >= 0.3 is 0 Å². The first-order valence-corrected chi connectivity index (χ1v) is 9.79. The zero-order chi connectivity index (χ0) is 17.4. The number of hydrogen-bond donors (Lipinski definition) is 0. The normalized spacial score (nSPS) is 24.0. The Hall–Kier alpha value is -1.60. The van der Waals surface area contributed by atoms with E-state index in [-0.39, 0.29) is 6.04 Å². The minimum atomic E-state index is -0.759. The summed E-state index contributed by atoms with van der Waals surface area (Å²) in [4.78, 5) is 18.0. The minimum Gasteiger partial charge on any atom is -0.358 e. The van der Waals surface area contributed by atoms with Gasteiger partial charge in [-0.1, -0.05) is 0 Å². The van der Waals surface area contributed by atoms with E-state index in [1.807, 2.05) is 26.2 Å². The van der Waals surface area contributed by atoms with Crippen molar-refractivity contribution < 1.29 is 4.39 Å². The first kappa shape index (κ1) is 16.8. The molecule has 0 N–H and O–H groups in total. The van der Waals surface area contributed by atoms with Crippen LogP contribution in [0.4, 0.5) is 10.2 Å². The number of likely N-dealkylation sites (tertiary alicyclic amines) is 1. The monoisotopic (exact) mass is 361 g/mol. The number of anilines is 1. The molecular formula is C18H24FN5S. The van der Waals surface area contributed by atoms with Gasteiger partial charge in [0, 0.05) is 50.2 Å². The summed E-state index contributed by atoms with van der Waals surface area (Å²) in [5.41, 5.74) is 1.04. The average Bonchev–Trinajstić information content (AvgIpc) is 3.29. The predicted molar refractivity (Wildman–Crippen MR) is 97.8 cm³/mol. The van der Waals surface area contributed by atoms with Crippen LogP contribution in [0.25, 0.3) is 0 Å². The van der Waals surface area contributed by atoms with Crippen molar-refractivity contribution in [2.45, 2.75) is 50.9 Å². The second kappa shape index (κ2) is 6.96. The van der Waals surface area contributed by atoms with Crippen LogP contribution < -0.4 is 4.90 Å². The number of thiazole rings is 1. The highest BCUT2D eigenvalue weighted by Crippen LogP contribution is 2.38. The molecule has 0 unspecified atom stereocenters. The van der Waals surface area contributed by atoms with Crippen molar-refractivity contribution in [3.8, 4) is 0 Å². The second-order valence-corrected chi connectivity index (χ2v) is 8.26. The van der Waals surface area contributed by atoms with Crippen molar-refractivity contribution in [2.24, 2.45) is 0 Å². The van der Waals surface area contributed by atoms with E-state index in [1.165, 1.54) is 12.8 Å². The summed E-state index contributed by atoms with van der Waals surface area (Å²) in [6, 6.07) is 2.13. The van der Waals surface area contributed by atoms with E-state index in [0.717, 1.165) is 35.4 Å². The van der Waals surface area contributed by atoms with E-state index in [2.05, 4.69) is 25.1 Å². The maximum absolute atomic E-state index is 14.1. The molecule has 3 heterocycles. The van der Waals surface area contributed by atoms with Crippen LogP contribution in [0.3, 0.4) is 0 Å². The summed E-state index contributed by atoms with van der Waals surface area (Å²) < 4.78 is 14.1. The van der Waals surface area contributed by atoms with Gasteiger partial charge in [-0.15, -0.1) is 11.3 Å². The molecule has 0 spiro atoms. The molecule has 134 valence electrons. The van der Waals surface area contributed by atoms with Gasteiger partial charge < -0.3 is 4.90 Å². The number of hydrogen-bond acceptors (Lipinski definition) is 6. The van der Waals surface area contributed by atoms with E-state index in [0.29, 0.717) is 18.9 Å². The zero-order valence-electron chi connectivity index (χ0n) is 14.7. The SMILES string of the molecule is Cc1nc(CN2C[C@@H](F)C[C@H]2CN(C)c2ccnc(C3CC3)n2)cs1. The molecule has 25 heavy (non-hydrogen) atoms. The van der Waals surface area contributed by atoms with E-state index in [4.69, 9.17) is 4.98 Å². The summed E-state index contributed by atoms with van der Waals surface area (Å²) in [7, 11) is 2.04. The topological polar surface area (TPSA) is 45.2 Å². The lowest BCUT2D eigenvalue weighted by Crippen LogP contribution is -2.39. The molecule has 0 bridgehead atoms. The van der Waals surface area contributed by atoms with Gasteiger partial charge in [0.05, 0.1) is 10.7 Å². The molecule has 0 radical (unpaired) electrons. The minimum absolute atomic E-state index is 0.182. The van der Waals surface area contributed by atoms with E-state index in [9.17, 15) is 4.39 Å². The molecule has 2 atom stereocenters. The number of rotatable bonds is 6. The molecule has 2 aromatic heterocycles. The van der Waals surface area contributed by atoms with Crippen LogP contribution in [0.5, 0.6) is 0 Å². The zero-order valence-corrected chi connectivity index (χ0v) is 15.5. The van der Waals surface area contributed by atoms with Gasteiger partial charge in [0.2, 0.25) is 0 Å². The molecule has 1 aliphatic heterocycles. The molecule has 0 aromatic carbocycles. The Morgan fingerprint density at radius 1 is 1.36 bits per heavy atom. The van der Waals surface area contributed by atoms with E-state index in [1.54, 1.807) is 11.3 Å². The van der Waals surface area contributed by atoms with E-state index < -0.39 is 6.17 Å². The number of nitrogens with zero attached hydrogens (tertiary/aromatic N) is 5. The second-order valence-electron chi connectivity index (χ2n) is 7.20. The number of alkyl halides is 1. The third-order valence-electron chi connectivity index (χ3n) is 4.99. The van der Waals surface area contributed by atoms with Crippen LogP contribution in [0.2, 0.25) is 0 Å². The van der Waals surface area contributed by atoms with Crippen molar-refractivity contribution in [1.29, 1.82) is 0 Å². The Bertz CT molecular complexity index is 732. The number of likely N-dealkylation sites (N-methyl/N-ethyl adjacent to an activating group) is 1. The Kier molecular flexibility index (Phi) is 4.69. The molecule has 0 amide bonds. The summed E-state index contributed by atoms with van der Waals surface area (Å²) in [6.45, 7) is 3.99. The summed E-state index contributed by atoms with van der Waals surface area (Å²) in [5.74, 6) is 2.43. The lowest BCUT2D eigenvalue weighted by molar-refractivity contribution is 0.235. The van der Waals surface area contributed by atoms with Crippen molar-refractivity contribution in [3.05, 3.63) is 34.2 Å². The van der Waals surface area contributed by atoms with Gasteiger partial charge in [-0.25, -0.2) is 19.3 Å². The maximum Gasteiger partial charge on any atom is 0.133 e. The molecular weight excluding hydrogens is 337 g/mol. The average molecular weight is 361 g/mol. The molecule has 1 saturated heterocycles. The molecule has 7 heteroatoms. The fourth-order valence-corrected chi connectivity index (χ4v) is 4.12. The first-order chi connectivity index (χ1) is 12.1. The summed E-state index contributed by atoms with van der Waals surface area (Å²) in [5, 5.41) is 3.14. The van der Waals surface area contributed by atoms with E-state index >= 15 is 0 Å². The summed E-state index contributed by atoms with van der Waals surface area (Å²) in [6.07, 6.45) is 4.05. The Balaban J connectivity index is 1.43. The third-order valence-corrected chi connectivity index (χ3v) is 5.81. The van der Waals surface area contributed by atoms with Gasteiger partial charge in [-0.2, -0.15) is 0 Å². The van der Waals surface area contributed by atoms with Crippen LogP contribution >= 0.6 is 11.3 Å². The van der Waals surface area contributed by atoms with Crippen molar-refractivity contribution in [3.63, 3.8) is 0 Å². The van der Waals surface area contributed by atoms with Gasteiger partial charge in [0.25, 0.3) is 0 Å². The quantitative estimate of drug-likeness (QED) is 0.791.